The average molecular weight is 284 g/mol. The predicted octanol–water partition coefficient (Wildman–Crippen LogP) is 2.82. The molecule has 0 saturated carbocycles. The first-order valence-corrected chi connectivity index (χ1v) is 8.69. The van der Waals surface area contributed by atoms with Gasteiger partial charge in [0.1, 0.15) is 0 Å². The largest absolute Gasteiger partial charge is 0.316 e. The highest BCUT2D eigenvalue weighted by atomic mass is 15.2. The lowest BCUT2D eigenvalue weighted by Gasteiger charge is -2.39. The zero-order valence-corrected chi connectivity index (χ0v) is 14.5. The SMILES string of the molecule is CCN1CCC(N(C)C(C)CCCNCC(C)C)CC1. The minimum Gasteiger partial charge on any atom is -0.316 e. The van der Waals surface area contributed by atoms with Gasteiger partial charge in [0.05, 0.1) is 0 Å². The molecule has 0 radical (unpaired) electrons. The summed E-state index contributed by atoms with van der Waals surface area (Å²) in [6.07, 6.45) is 5.31. The summed E-state index contributed by atoms with van der Waals surface area (Å²) in [5.41, 5.74) is 0. The maximum Gasteiger partial charge on any atom is 0.0119 e. The molecule has 0 aromatic heterocycles. The molecule has 0 aliphatic carbocycles. The van der Waals surface area contributed by atoms with Crippen LogP contribution in [-0.4, -0.2) is 61.7 Å². The van der Waals surface area contributed by atoms with E-state index in [0.717, 1.165) is 18.5 Å². The fourth-order valence-electron chi connectivity index (χ4n) is 3.12. The van der Waals surface area contributed by atoms with Crippen molar-refractivity contribution < 1.29 is 0 Å². The van der Waals surface area contributed by atoms with Crippen molar-refractivity contribution in [1.82, 2.24) is 15.1 Å². The predicted molar refractivity (Wildman–Crippen MR) is 89.3 cm³/mol. The summed E-state index contributed by atoms with van der Waals surface area (Å²) >= 11 is 0. The molecular weight excluding hydrogens is 246 g/mol. The van der Waals surface area contributed by atoms with Crippen LogP contribution in [0.5, 0.6) is 0 Å². The molecule has 1 N–H and O–H groups in total. The molecule has 1 aliphatic heterocycles. The maximum atomic E-state index is 3.55. The molecule has 0 aromatic carbocycles. The lowest BCUT2D eigenvalue weighted by atomic mass is 10.0. The van der Waals surface area contributed by atoms with Gasteiger partial charge in [0, 0.05) is 12.1 Å². The molecule has 0 amide bonds. The van der Waals surface area contributed by atoms with Crippen LogP contribution in [-0.2, 0) is 0 Å². The van der Waals surface area contributed by atoms with E-state index in [9.17, 15) is 0 Å². The van der Waals surface area contributed by atoms with Gasteiger partial charge >= 0.3 is 0 Å². The van der Waals surface area contributed by atoms with Crippen LogP contribution in [0, 0.1) is 5.92 Å². The lowest BCUT2D eigenvalue weighted by Crippen LogP contribution is -2.46. The third-order valence-corrected chi connectivity index (χ3v) is 4.80. The Labute approximate surface area is 127 Å². The first kappa shape index (κ1) is 17.9. The van der Waals surface area contributed by atoms with E-state index in [2.05, 4.69) is 49.9 Å². The highest BCUT2D eigenvalue weighted by Gasteiger charge is 2.24. The van der Waals surface area contributed by atoms with E-state index < -0.39 is 0 Å². The Morgan fingerprint density at radius 1 is 1.20 bits per heavy atom. The second-order valence-electron chi connectivity index (χ2n) is 6.92. The number of likely N-dealkylation sites (tertiary alicyclic amines) is 1. The van der Waals surface area contributed by atoms with Gasteiger partial charge in [-0.05, 0) is 78.3 Å². The number of hydrogen-bond acceptors (Lipinski definition) is 3. The summed E-state index contributed by atoms with van der Waals surface area (Å²) in [7, 11) is 2.33. The molecule has 1 aliphatic rings. The highest BCUT2D eigenvalue weighted by molar-refractivity contribution is 4.80. The maximum absolute atomic E-state index is 3.55. The van der Waals surface area contributed by atoms with Crippen LogP contribution in [0.15, 0.2) is 0 Å². The standard InChI is InChI=1S/C17H37N3/c1-6-20-12-9-17(10-13-20)19(5)16(4)8-7-11-18-14-15(2)3/h15-18H,6-14H2,1-5H3. The van der Waals surface area contributed by atoms with Crippen LogP contribution in [0.25, 0.3) is 0 Å². The Bertz CT molecular complexity index is 234. The van der Waals surface area contributed by atoms with Crippen molar-refractivity contribution in [3.63, 3.8) is 0 Å². The number of piperidine rings is 1. The van der Waals surface area contributed by atoms with Crippen LogP contribution in [0.4, 0.5) is 0 Å². The molecule has 1 rings (SSSR count). The Kier molecular flexibility index (Phi) is 8.74. The Morgan fingerprint density at radius 2 is 1.85 bits per heavy atom. The number of rotatable bonds is 9. The van der Waals surface area contributed by atoms with Crippen LogP contribution in [0.3, 0.4) is 0 Å². The smallest absolute Gasteiger partial charge is 0.0119 e. The van der Waals surface area contributed by atoms with E-state index in [0.29, 0.717) is 6.04 Å². The van der Waals surface area contributed by atoms with Crippen molar-refractivity contribution in [2.45, 2.75) is 65.5 Å². The fraction of sp³-hybridized carbons (Fsp3) is 1.00. The zero-order chi connectivity index (χ0) is 15.0. The fourth-order valence-corrected chi connectivity index (χ4v) is 3.12. The molecular formula is C17H37N3. The molecule has 1 heterocycles. The molecule has 1 atom stereocenters. The van der Waals surface area contributed by atoms with E-state index >= 15 is 0 Å². The summed E-state index contributed by atoms with van der Waals surface area (Å²) < 4.78 is 0. The Morgan fingerprint density at radius 3 is 2.40 bits per heavy atom. The quantitative estimate of drug-likeness (QED) is 0.657. The van der Waals surface area contributed by atoms with Crippen LogP contribution < -0.4 is 5.32 Å². The van der Waals surface area contributed by atoms with Gasteiger partial charge in [0.25, 0.3) is 0 Å². The lowest BCUT2D eigenvalue weighted by molar-refractivity contribution is 0.100. The molecule has 20 heavy (non-hydrogen) atoms. The second kappa shape index (κ2) is 9.75. The first-order valence-electron chi connectivity index (χ1n) is 8.69. The van der Waals surface area contributed by atoms with Crippen molar-refractivity contribution in [3.8, 4) is 0 Å². The van der Waals surface area contributed by atoms with Gasteiger partial charge in [0.15, 0.2) is 0 Å². The van der Waals surface area contributed by atoms with Gasteiger partial charge < -0.3 is 15.1 Å². The Hall–Kier alpha value is -0.120. The molecule has 3 nitrogen and oxygen atoms in total. The van der Waals surface area contributed by atoms with Crippen LogP contribution in [0.2, 0.25) is 0 Å². The van der Waals surface area contributed by atoms with E-state index in [4.69, 9.17) is 0 Å². The van der Waals surface area contributed by atoms with E-state index in [1.165, 1.54) is 51.9 Å². The third-order valence-electron chi connectivity index (χ3n) is 4.80. The van der Waals surface area contributed by atoms with Crippen molar-refractivity contribution in [2.24, 2.45) is 5.92 Å². The van der Waals surface area contributed by atoms with E-state index in [1.807, 2.05) is 0 Å². The van der Waals surface area contributed by atoms with Gasteiger partial charge in [-0.25, -0.2) is 0 Å². The second-order valence-corrected chi connectivity index (χ2v) is 6.92. The summed E-state index contributed by atoms with van der Waals surface area (Å²) in [6, 6.07) is 1.52. The zero-order valence-electron chi connectivity index (χ0n) is 14.5. The monoisotopic (exact) mass is 283 g/mol. The van der Waals surface area contributed by atoms with Gasteiger partial charge in [-0.2, -0.15) is 0 Å². The molecule has 3 heteroatoms. The number of hydrogen-bond donors (Lipinski definition) is 1. The first-order chi connectivity index (χ1) is 9.54. The number of nitrogens with zero attached hydrogens (tertiary/aromatic N) is 2. The minimum atomic E-state index is 0.717. The topological polar surface area (TPSA) is 18.5 Å². The third kappa shape index (κ3) is 6.55. The van der Waals surface area contributed by atoms with Gasteiger partial charge in [-0.3, -0.25) is 0 Å². The Balaban J connectivity index is 2.14. The summed E-state index contributed by atoms with van der Waals surface area (Å²) in [4.78, 5) is 5.21. The van der Waals surface area contributed by atoms with Crippen molar-refractivity contribution in [3.05, 3.63) is 0 Å². The van der Waals surface area contributed by atoms with E-state index in [-0.39, 0.29) is 0 Å². The summed E-state index contributed by atoms with van der Waals surface area (Å²) in [5, 5.41) is 3.55. The van der Waals surface area contributed by atoms with Gasteiger partial charge in [-0.15, -0.1) is 0 Å². The summed E-state index contributed by atoms with van der Waals surface area (Å²) in [5.74, 6) is 0.763. The molecule has 1 fully saturated rings. The van der Waals surface area contributed by atoms with Crippen molar-refractivity contribution in [1.29, 1.82) is 0 Å². The molecule has 0 aromatic rings. The molecule has 1 unspecified atom stereocenters. The van der Waals surface area contributed by atoms with E-state index in [1.54, 1.807) is 0 Å². The number of nitrogens with one attached hydrogen (secondary N) is 1. The molecule has 120 valence electrons. The van der Waals surface area contributed by atoms with Crippen molar-refractivity contribution >= 4 is 0 Å². The van der Waals surface area contributed by atoms with Crippen molar-refractivity contribution in [2.75, 3.05) is 39.8 Å². The normalized spacial score (nSPS) is 19.9. The van der Waals surface area contributed by atoms with Crippen LogP contribution in [0.1, 0.15) is 53.4 Å². The molecule has 0 bridgehead atoms. The minimum absolute atomic E-state index is 0.717. The molecule has 1 saturated heterocycles. The summed E-state index contributed by atoms with van der Waals surface area (Å²) in [6.45, 7) is 15.3. The van der Waals surface area contributed by atoms with Gasteiger partial charge in [0.2, 0.25) is 0 Å². The highest BCUT2D eigenvalue weighted by Crippen LogP contribution is 2.18. The molecule has 0 spiro atoms. The van der Waals surface area contributed by atoms with Crippen LogP contribution >= 0.6 is 0 Å². The van der Waals surface area contributed by atoms with Gasteiger partial charge in [-0.1, -0.05) is 20.8 Å². The average Bonchev–Trinajstić information content (AvgIpc) is 2.45.